The molecule has 0 bridgehead atoms. The van der Waals surface area contributed by atoms with Gasteiger partial charge < -0.3 is 28.4 Å². The Morgan fingerprint density at radius 1 is 0.636 bits per heavy atom. The molecule has 0 spiro atoms. The summed E-state index contributed by atoms with van der Waals surface area (Å²) in [5.41, 5.74) is -2.54. The number of benzene rings is 3. The van der Waals surface area contributed by atoms with E-state index < -0.39 is 47.6 Å². The molecular formula is C35H42O9. The quantitative estimate of drug-likeness (QED) is 0.0987. The Morgan fingerprint density at radius 3 is 1.59 bits per heavy atom. The minimum absolute atomic E-state index is 0.0258. The highest BCUT2D eigenvalue weighted by atomic mass is 16.6. The monoisotopic (exact) mass is 606 g/mol. The van der Waals surface area contributed by atoms with Crippen molar-refractivity contribution in [3.8, 4) is 11.5 Å². The zero-order valence-corrected chi connectivity index (χ0v) is 26.5. The van der Waals surface area contributed by atoms with E-state index in [0.717, 1.165) is 0 Å². The number of carbonyl (C=O) groups excluding carboxylic acids is 3. The van der Waals surface area contributed by atoms with Gasteiger partial charge in [-0.15, -0.1) is 0 Å². The molecular weight excluding hydrogens is 564 g/mol. The van der Waals surface area contributed by atoms with Crippen LogP contribution in [-0.2, 0) is 38.9 Å². The Kier molecular flexibility index (Phi) is 11.5. The van der Waals surface area contributed by atoms with Crippen molar-refractivity contribution in [3.63, 3.8) is 0 Å². The van der Waals surface area contributed by atoms with E-state index in [9.17, 15) is 14.4 Å². The van der Waals surface area contributed by atoms with Gasteiger partial charge in [0, 0.05) is 11.6 Å². The first-order valence-electron chi connectivity index (χ1n) is 14.5. The molecule has 0 aliphatic heterocycles. The number of esters is 3. The summed E-state index contributed by atoms with van der Waals surface area (Å²) in [7, 11) is 3.09. The molecule has 0 heterocycles. The Morgan fingerprint density at radius 2 is 1.16 bits per heavy atom. The third kappa shape index (κ3) is 7.22. The van der Waals surface area contributed by atoms with Crippen molar-refractivity contribution in [3.05, 3.63) is 95.6 Å². The Hall–Kier alpha value is -4.37. The molecule has 0 unspecified atom stereocenters. The minimum Gasteiger partial charge on any atom is -0.497 e. The van der Waals surface area contributed by atoms with Gasteiger partial charge in [0.1, 0.15) is 23.7 Å². The van der Waals surface area contributed by atoms with Crippen LogP contribution in [0.1, 0.15) is 51.3 Å². The first-order chi connectivity index (χ1) is 21.0. The highest BCUT2D eigenvalue weighted by molar-refractivity contribution is 6.01. The number of rotatable bonds is 14. The van der Waals surface area contributed by atoms with E-state index in [1.807, 2.05) is 66.7 Å². The fourth-order valence-corrected chi connectivity index (χ4v) is 4.69. The maximum absolute atomic E-state index is 13.7. The largest absolute Gasteiger partial charge is 0.497 e. The van der Waals surface area contributed by atoms with E-state index in [1.54, 1.807) is 53.9 Å². The second-order valence-corrected chi connectivity index (χ2v) is 11.1. The van der Waals surface area contributed by atoms with Crippen molar-refractivity contribution in [1.29, 1.82) is 0 Å². The molecule has 0 aliphatic rings. The van der Waals surface area contributed by atoms with E-state index >= 15 is 0 Å². The Bertz CT molecular complexity index is 1340. The van der Waals surface area contributed by atoms with Crippen LogP contribution in [0.2, 0.25) is 0 Å². The van der Waals surface area contributed by atoms with E-state index in [4.69, 9.17) is 28.4 Å². The van der Waals surface area contributed by atoms with E-state index in [0.29, 0.717) is 28.2 Å². The van der Waals surface area contributed by atoms with Crippen molar-refractivity contribution in [2.45, 2.75) is 40.2 Å². The predicted molar refractivity (Wildman–Crippen MR) is 164 cm³/mol. The number of ether oxygens (including phenoxy) is 6. The van der Waals surface area contributed by atoms with E-state index in [1.165, 1.54) is 7.11 Å². The topological polar surface area (TPSA) is 107 Å². The normalized spacial score (nSPS) is 11.8. The van der Waals surface area contributed by atoms with Gasteiger partial charge in [-0.05, 0) is 57.9 Å². The zero-order valence-electron chi connectivity index (χ0n) is 26.5. The zero-order chi connectivity index (χ0) is 32.4. The van der Waals surface area contributed by atoms with Crippen molar-refractivity contribution < 1.29 is 42.8 Å². The average Bonchev–Trinajstić information content (AvgIpc) is 3.03. The molecule has 0 aromatic heterocycles. The molecule has 0 saturated heterocycles. The first-order valence-corrected chi connectivity index (χ1v) is 14.5. The molecule has 0 fully saturated rings. The smallest absolute Gasteiger partial charge is 0.329 e. The van der Waals surface area contributed by atoms with Gasteiger partial charge in [0.25, 0.3) is 0 Å². The van der Waals surface area contributed by atoms with Crippen LogP contribution in [0.3, 0.4) is 0 Å². The van der Waals surface area contributed by atoms with Crippen LogP contribution in [0.25, 0.3) is 0 Å². The van der Waals surface area contributed by atoms with Crippen LogP contribution >= 0.6 is 0 Å². The summed E-state index contributed by atoms with van der Waals surface area (Å²) in [6, 6.07) is 24.0. The van der Waals surface area contributed by atoms with Gasteiger partial charge in [0.2, 0.25) is 5.41 Å². The maximum atomic E-state index is 13.7. The summed E-state index contributed by atoms with van der Waals surface area (Å²) >= 11 is 0. The second-order valence-electron chi connectivity index (χ2n) is 11.1. The van der Waals surface area contributed by atoms with Gasteiger partial charge >= 0.3 is 17.9 Å². The highest BCUT2D eigenvalue weighted by Crippen LogP contribution is 2.46. The lowest BCUT2D eigenvalue weighted by atomic mass is 9.79. The molecule has 0 amide bonds. The first kappa shape index (κ1) is 34.1. The summed E-state index contributed by atoms with van der Waals surface area (Å²) in [6.45, 7) is 6.99. The van der Waals surface area contributed by atoms with Crippen LogP contribution in [0.4, 0.5) is 0 Å². The molecule has 3 rings (SSSR count). The fraction of sp³-hybridized carbons (Fsp3) is 0.400. The molecule has 0 aliphatic carbocycles. The average molecular weight is 607 g/mol. The molecule has 0 N–H and O–H groups in total. The number of carbonyl (C=O) groups is 3. The fourth-order valence-electron chi connectivity index (χ4n) is 4.69. The molecule has 3 aromatic carbocycles. The molecule has 236 valence electrons. The van der Waals surface area contributed by atoms with Gasteiger partial charge in [-0.3, -0.25) is 14.4 Å². The molecule has 3 aromatic rings. The summed E-state index contributed by atoms with van der Waals surface area (Å²) in [6.07, 6.45) is 0. The summed E-state index contributed by atoms with van der Waals surface area (Å²) in [4.78, 5) is 40.4. The molecule has 0 radical (unpaired) electrons. The van der Waals surface area contributed by atoms with Crippen molar-refractivity contribution in [2.75, 3.05) is 40.6 Å². The van der Waals surface area contributed by atoms with E-state index in [2.05, 4.69) is 0 Å². The number of hydrogen-bond donors (Lipinski definition) is 0. The number of methoxy groups -OCH3 is 2. The third-order valence-corrected chi connectivity index (χ3v) is 7.08. The SMILES string of the molecule is CCOC(=O)C(COC(=O)C(C)(C)C)(COC(c1ccccc1)(c1ccccc1)c1ccc(OC)cc1OC)C(=O)OCC. The third-order valence-electron chi connectivity index (χ3n) is 7.08. The molecule has 0 saturated carbocycles. The summed E-state index contributed by atoms with van der Waals surface area (Å²) in [5, 5.41) is 0. The van der Waals surface area contributed by atoms with Gasteiger partial charge in [-0.2, -0.15) is 0 Å². The van der Waals surface area contributed by atoms with Crippen molar-refractivity contribution in [2.24, 2.45) is 10.8 Å². The molecule has 44 heavy (non-hydrogen) atoms. The second kappa shape index (κ2) is 14.9. The molecule has 0 atom stereocenters. The van der Waals surface area contributed by atoms with Crippen molar-refractivity contribution >= 4 is 17.9 Å². The van der Waals surface area contributed by atoms with Gasteiger partial charge in [-0.25, -0.2) is 0 Å². The van der Waals surface area contributed by atoms with Crippen LogP contribution in [-0.4, -0.2) is 58.6 Å². The lowest BCUT2D eigenvalue weighted by Crippen LogP contribution is -2.52. The van der Waals surface area contributed by atoms with Crippen LogP contribution in [0, 0.1) is 10.8 Å². The molecule has 9 nitrogen and oxygen atoms in total. The summed E-state index contributed by atoms with van der Waals surface area (Å²) < 4.78 is 34.6. The number of hydrogen-bond acceptors (Lipinski definition) is 9. The Balaban J connectivity index is 2.33. The van der Waals surface area contributed by atoms with Crippen LogP contribution < -0.4 is 9.47 Å². The van der Waals surface area contributed by atoms with Crippen LogP contribution in [0.5, 0.6) is 11.5 Å². The Labute approximate surface area is 259 Å². The van der Waals surface area contributed by atoms with Gasteiger partial charge in [-0.1, -0.05) is 60.7 Å². The van der Waals surface area contributed by atoms with E-state index in [-0.39, 0.29) is 13.2 Å². The standard InChI is InChI=1S/C35H42O9/c1-8-41-31(37)34(32(38)42-9-2,23-43-30(36)33(3,4)5)24-44-35(25-16-12-10-13-17-25,26-18-14-11-15-19-26)28-21-20-27(39-6)22-29(28)40-7/h10-22H,8-9,23-24H2,1-7H3. The highest BCUT2D eigenvalue weighted by Gasteiger charge is 2.54. The summed E-state index contributed by atoms with van der Waals surface area (Å²) in [5.74, 6) is -1.48. The van der Waals surface area contributed by atoms with Crippen LogP contribution in [0.15, 0.2) is 78.9 Å². The predicted octanol–water partition coefficient (Wildman–Crippen LogP) is 5.71. The molecule has 9 heteroatoms. The lowest BCUT2D eigenvalue weighted by molar-refractivity contribution is -0.189. The van der Waals surface area contributed by atoms with Gasteiger partial charge in [0.15, 0.2) is 0 Å². The lowest BCUT2D eigenvalue weighted by Gasteiger charge is -2.39. The van der Waals surface area contributed by atoms with Gasteiger partial charge in [0.05, 0.1) is 39.5 Å². The minimum atomic E-state index is -2.15. The maximum Gasteiger partial charge on any atom is 0.329 e. The van der Waals surface area contributed by atoms with Crippen molar-refractivity contribution in [1.82, 2.24) is 0 Å².